The van der Waals surface area contributed by atoms with Gasteiger partial charge in [-0.05, 0) is 25.3 Å². The molecule has 0 aromatic heterocycles. The van der Waals surface area contributed by atoms with Crippen molar-refractivity contribution in [2.24, 2.45) is 4.99 Å². The van der Waals surface area contributed by atoms with Crippen LogP contribution in [-0.4, -0.2) is 59.2 Å². The van der Waals surface area contributed by atoms with E-state index in [0.717, 1.165) is 25.3 Å². The summed E-state index contributed by atoms with van der Waals surface area (Å²) in [4.78, 5) is 4.80. The third kappa shape index (κ3) is 10.1. The highest BCUT2D eigenvalue weighted by molar-refractivity contribution is 14.0. The van der Waals surface area contributed by atoms with Gasteiger partial charge in [0.05, 0.1) is 25.5 Å². The molecule has 0 fully saturated rings. The number of sulfone groups is 1. The first kappa shape index (κ1) is 27.1. The summed E-state index contributed by atoms with van der Waals surface area (Å²) < 4.78 is 27.5. The van der Waals surface area contributed by atoms with Crippen LogP contribution in [0.25, 0.3) is 0 Å². The van der Waals surface area contributed by atoms with E-state index in [2.05, 4.69) is 48.7 Å². The molecular formula is C20H36IN3O3S. The number of nitrogens with zero attached hydrogens (tertiary/aromatic N) is 1. The highest BCUT2D eigenvalue weighted by atomic mass is 127. The average Bonchev–Trinajstić information content (AvgIpc) is 2.65. The van der Waals surface area contributed by atoms with Gasteiger partial charge in [0.15, 0.2) is 5.96 Å². The summed E-state index contributed by atoms with van der Waals surface area (Å²) in [6, 6.07) is 10.6. The van der Waals surface area contributed by atoms with E-state index < -0.39 is 9.84 Å². The molecule has 0 bridgehead atoms. The van der Waals surface area contributed by atoms with Crippen LogP contribution in [0.3, 0.4) is 0 Å². The van der Waals surface area contributed by atoms with Crippen LogP contribution < -0.4 is 10.6 Å². The van der Waals surface area contributed by atoms with Gasteiger partial charge in [0.1, 0.15) is 9.84 Å². The molecule has 8 heteroatoms. The van der Waals surface area contributed by atoms with E-state index in [4.69, 9.17) is 9.73 Å². The van der Waals surface area contributed by atoms with Gasteiger partial charge in [-0.3, -0.25) is 4.99 Å². The highest BCUT2D eigenvalue weighted by Gasteiger charge is 2.28. The topological polar surface area (TPSA) is 79.8 Å². The second-order valence-electron chi connectivity index (χ2n) is 6.72. The molecule has 0 spiro atoms. The molecule has 0 radical (unpaired) electrons. The van der Waals surface area contributed by atoms with Crippen LogP contribution in [0.5, 0.6) is 0 Å². The Hall–Kier alpha value is -0.870. The maximum Gasteiger partial charge on any atom is 0.191 e. The van der Waals surface area contributed by atoms with Crippen LogP contribution in [0.2, 0.25) is 0 Å². The fourth-order valence-corrected chi connectivity index (χ4v) is 3.31. The second-order valence-corrected chi connectivity index (χ2v) is 8.98. The van der Waals surface area contributed by atoms with Crippen LogP contribution in [-0.2, 0) is 20.0 Å². The third-order valence-corrected chi connectivity index (χ3v) is 5.67. The van der Waals surface area contributed by atoms with Gasteiger partial charge >= 0.3 is 0 Å². The lowest BCUT2D eigenvalue weighted by atomic mass is 9.76. The van der Waals surface area contributed by atoms with Crippen molar-refractivity contribution in [3.05, 3.63) is 35.9 Å². The number of rotatable bonds is 12. The molecule has 0 atom stereocenters. The van der Waals surface area contributed by atoms with Crippen LogP contribution in [0.1, 0.15) is 39.2 Å². The lowest BCUT2D eigenvalue weighted by Gasteiger charge is -2.31. The summed E-state index contributed by atoms with van der Waals surface area (Å²) >= 11 is 0. The minimum absolute atomic E-state index is 0. The Kier molecular flexibility index (Phi) is 13.7. The van der Waals surface area contributed by atoms with Crippen LogP contribution in [0.4, 0.5) is 0 Å². The number of aliphatic imine (C=N–C) groups is 1. The Labute approximate surface area is 187 Å². The summed E-state index contributed by atoms with van der Waals surface area (Å²) in [5, 5.41) is 6.51. The Morgan fingerprint density at radius 3 is 2.25 bits per heavy atom. The lowest BCUT2D eigenvalue weighted by Crippen LogP contribution is -2.40. The van der Waals surface area contributed by atoms with Gasteiger partial charge < -0.3 is 15.4 Å². The van der Waals surface area contributed by atoms with E-state index in [1.54, 1.807) is 0 Å². The number of halogens is 1. The molecule has 162 valence electrons. The molecule has 0 aliphatic heterocycles. The van der Waals surface area contributed by atoms with Gasteiger partial charge in [0.2, 0.25) is 0 Å². The molecule has 2 N–H and O–H groups in total. The molecule has 6 nitrogen and oxygen atoms in total. The van der Waals surface area contributed by atoms with Gasteiger partial charge in [-0.15, -0.1) is 24.0 Å². The monoisotopic (exact) mass is 525 g/mol. The maximum absolute atomic E-state index is 11.1. The number of benzene rings is 1. The second kappa shape index (κ2) is 14.2. The summed E-state index contributed by atoms with van der Waals surface area (Å²) in [5.41, 5.74) is 1.34. The van der Waals surface area contributed by atoms with Crippen molar-refractivity contribution < 1.29 is 13.2 Å². The predicted molar refractivity (Wildman–Crippen MR) is 129 cm³/mol. The third-order valence-electron chi connectivity index (χ3n) is 4.76. The molecule has 1 rings (SSSR count). The molecule has 0 saturated heterocycles. The predicted octanol–water partition coefficient (Wildman–Crippen LogP) is 2.98. The first-order valence-electron chi connectivity index (χ1n) is 9.70. The Balaban J connectivity index is 0.00000729. The summed E-state index contributed by atoms with van der Waals surface area (Å²) in [7, 11) is -2.97. The minimum atomic E-state index is -2.97. The van der Waals surface area contributed by atoms with Gasteiger partial charge in [-0.25, -0.2) is 8.42 Å². The minimum Gasteiger partial charge on any atom is -0.379 e. The van der Waals surface area contributed by atoms with Crippen LogP contribution in [0.15, 0.2) is 35.3 Å². The van der Waals surface area contributed by atoms with E-state index in [0.29, 0.717) is 19.7 Å². The fourth-order valence-electron chi connectivity index (χ4n) is 2.89. The molecule has 0 unspecified atom stereocenters. The van der Waals surface area contributed by atoms with Crippen molar-refractivity contribution in [1.82, 2.24) is 10.6 Å². The first-order chi connectivity index (χ1) is 12.9. The van der Waals surface area contributed by atoms with E-state index in [1.165, 1.54) is 11.8 Å². The number of nitrogens with one attached hydrogen (secondary N) is 2. The normalized spacial score (nSPS) is 12.4. The van der Waals surface area contributed by atoms with E-state index in [-0.39, 0.29) is 41.8 Å². The molecular weight excluding hydrogens is 489 g/mol. The number of hydrogen-bond donors (Lipinski definition) is 2. The maximum atomic E-state index is 11.1. The Morgan fingerprint density at radius 1 is 1.07 bits per heavy atom. The SMILES string of the molecule is CCNC(=NCC(CC)(CC)c1ccccc1)NCCOCCS(C)(=O)=O.I. The van der Waals surface area contributed by atoms with E-state index in [1.807, 2.05) is 13.0 Å². The smallest absolute Gasteiger partial charge is 0.191 e. The van der Waals surface area contributed by atoms with Crippen molar-refractivity contribution in [1.29, 1.82) is 0 Å². The largest absolute Gasteiger partial charge is 0.379 e. The Bertz CT molecular complexity index is 663. The molecule has 1 aromatic rings. The highest BCUT2D eigenvalue weighted by Crippen LogP contribution is 2.31. The quantitative estimate of drug-likeness (QED) is 0.190. The molecule has 0 heterocycles. The summed E-state index contributed by atoms with van der Waals surface area (Å²) in [6.07, 6.45) is 3.25. The number of hydrogen-bond acceptors (Lipinski definition) is 4. The molecule has 0 amide bonds. The zero-order valence-electron chi connectivity index (χ0n) is 17.5. The van der Waals surface area contributed by atoms with E-state index in [9.17, 15) is 8.42 Å². The molecule has 0 aliphatic rings. The average molecular weight is 525 g/mol. The van der Waals surface area contributed by atoms with Crippen molar-refractivity contribution in [3.63, 3.8) is 0 Å². The zero-order chi connectivity index (χ0) is 20.2. The first-order valence-corrected chi connectivity index (χ1v) is 11.8. The Morgan fingerprint density at radius 2 is 1.71 bits per heavy atom. The van der Waals surface area contributed by atoms with Crippen molar-refractivity contribution >= 4 is 39.8 Å². The van der Waals surface area contributed by atoms with Crippen molar-refractivity contribution in [2.75, 3.05) is 44.9 Å². The molecule has 1 aromatic carbocycles. The van der Waals surface area contributed by atoms with Gasteiger partial charge in [0.25, 0.3) is 0 Å². The van der Waals surface area contributed by atoms with E-state index >= 15 is 0 Å². The van der Waals surface area contributed by atoms with Gasteiger partial charge in [0, 0.05) is 24.8 Å². The van der Waals surface area contributed by atoms with Gasteiger partial charge in [-0.1, -0.05) is 44.2 Å². The summed E-state index contributed by atoms with van der Waals surface area (Å²) in [5.74, 6) is 0.805. The summed E-state index contributed by atoms with van der Waals surface area (Å²) in [6.45, 7) is 9.16. The zero-order valence-corrected chi connectivity index (χ0v) is 20.7. The molecule has 0 aliphatic carbocycles. The number of ether oxygens (including phenoxy) is 1. The van der Waals surface area contributed by atoms with Crippen molar-refractivity contribution in [3.8, 4) is 0 Å². The standard InChI is InChI=1S/C20H35N3O3S.HI/c1-5-20(6-2,18-11-9-8-10-12-18)17-23-19(21-7-3)22-13-14-26-15-16-27(4,24)25;/h8-12H,5-7,13-17H2,1-4H3,(H2,21,22,23);1H. The van der Waals surface area contributed by atoms with Gasteiger partial charge in [-0.2, -0.15) is 0 Å². The van der Waals surface area contributed by atoms with Crippen LogP contribution in [0, 0.1) is 0 Å². The fraction of sp³-hybridized carbons (Fsp3) is 0.650. The van der Waals surface area contributed by atoms with Crippen molar-refractivity contribution in [2.45, 2.75) is 39.0 Å². The lowest BCUT2D eigenvalue weighted by molar-refractivity contribution is 0.154. The number of guanidine groups is 1. The molecule has 0 saturated carbocycles. The van der Waals surface area contributed by atoms with Crippen LogP contribution >= 0.6 is 24.0 Å². The molecule has 28 heavy (non-hydrogen) atoms.